The second-order valence-corrected chi connectivity index (χ2v) is 22.8. The third kappa shape index (κ3) is 10.3. The van der Waals surface area contributed by atoms with Crippen molar-refractivity contribution in [2.45, 2.75) is 128 Å². The van der Waals surface area contributed by atoms with Gasteiger partial charge in [-0.2, -0.15) is 0 Å². The van der Waals surface area contributed by atoms with Gasteiger partial charge < -0.3 is 34.0 Å². The summed E-state index contributed by atoms with van der Waals surface area (Å²) in [5.74, 6) is 2.60. The molecule has 4 aliphatic rings. The second-order valence-electron chi connectivity index (χ2n) is 19.7. The predicted octanol–water partition coefficient (Wildman–Crippen LogP) is 10.8. The number of anilines is 3. The third-order valence-electron chi connectivity index (χ3n) is 14.3. The number of Topliss-reactive ketones (excluding diaryl/α,β-unsaturated/α-hetero) is 1. The monoisotopic (exact) mass is 981 g/mol. The van der Waals surface area contributed by atoms with E-state index in [1.165, 1.54) is 5.56 Å². The lowest BCUT2D eigenvalue weighted by molar-refractivity contribution is -0.119. The average molecular weight is 982 g/mol. The Balaban J connectivity index is 0.946. The van der Waals surface area contributed by atoms with E-state index in [1.807, 2.05) is 104 Å². The minimum absolute atomic E-state index is 0.0228. The van der Waals surface area contributed by atoms with Crippen molar-refractivity contribution in [2.24, 2.45) is 0 Å². The molecule has 0 spiro atoms. The topological polar surface area (TPSA) is 126 Å². The van der Waals surface area contributed by atoms with E-state index in [0.717, 1.165) is 76.2 Å². The zero-order valence-corrected chi connectivity index (χ0v) is 42.7. The van der Waals surface area contributed by atoms with E-state index >= 15 is 0 Å². The van der Waals surface area contributed by atoms with Gasteiger partial charge in [-0.15, -0.1) is 0 Å². The van der Waals surface area contributed by atoms with E-state index in [2.05, 4.69) is 19.9 Å². The Bertz CT molecular complexity index is 2830. The van der Waals surface area contributed by atoms with E-state index in [0.29, 0.717) is 72.6 Å². The van der Waals surface area contributed by atoms with Gasteiger partial charge in [0, 0.05) is 77.5 Å². The summed E-state index contributed by atoms with van der Waals surface area (Å²) in [5.41, 5.74) is 10.0. The molecular formula is C57H63N3O8S2. The Kier molecular flexibility index (Phi) is 14.7. The second kappa shape index (κ2) is 20.9. The normalized spacial score (nSPS) is 17.9. The van der Waals surface area contributed by atoms with Gasteiger partial charge in [-0.1, -0.05) is 64.9 Å². The van der Waals surface area contributed by atoms with Crippen LogP contribution in [0.3, 0.4) is 0 Å². The molecule has 366 valence electrons. The van der Waals surface area contributed by atoms with Crippen LogP contribution in [-0.4, -0.2) is 71.5 Å². The molecule has 0 fully saturated rings. The number of benzene rings is 5. The summed E-state index contributed by atoms with van der Waals surface area (Å²) in [6.45, 7) is 8.45. The van der Waals surface area contributed by atoms with Crippen molar-refractivity contribution in [3.05, 3.63) is 141 Å². The van der Waals surface area contributed by atoms with Crippen molar-refractivity contribution in [1.82, 2.24) is 0 Å². The molecule has 3 atom stereocenters. The number of amides is 3. The van der Waals surface area contributed by atoms with E-state index in [1.54, 1.807) is 45.5 Å². The van der Waals surface area contributed by atoms with Crippen molar-refractivity contribution >= 4 is 62.2 Å². The van der Waals surface area contributed by atoms with Crippen LogP contribution in [-0.2, 0) is 48.5 Å². The molecule has 70 heavy (non-hydrogen) atoms. The molecule has 1 unspecified atom stereocenters. The number of aryl methyl sites for hydroxylation is 2. The van der Waals surface area contributed by atoms with Crippen LogP contribution < -0.4 is 28.9 Å². The number of carbonyl (C=O) groups excluding carboxylic acids is 4. The summed E-state index contributed by atoms with van der Waals surface area (Å²) in [4.78, 5) is 59.5. The van der Waals surface area contributed by atoms with Crippen molar-refractivity contribution < 1.29 is 38.5 Å². The SMILES string of the molecule is CCC(=O)CCCSSC(C)(C)CCC(=O)N(C)c1cc(COc2cc3c(cc2C)C(=O)N2c4ccccc4C[C@H]2C(O)C3)cc(COc2cc3c(cc2OC)C(=O)N2c4ccccc4C[C@H]2CC3)c1. The number of rotatable bonds is 18. The molecule has 0 saturated carbocycles. The number of fused-ring (bicyclic) bond motifs is 8. The van der Waals surface area contributed by atoms with Crippen LogP contribution in [0.4, 0.5) is 17.1 Å². The number of hydrogen-bond acceptors (Lipinski definition) is 10. The van der Waals surface area contributed by atoms with Gasteiger partial charge in [0.25, 0.3) is 11.8 Å². The van der Waals surface area contributed by atoms with Gasteiger partial charge in [0.15, 0.2) is 11.5 Å². The van der Waals surface area contributed by atoms with E-state index in [-0.39, 0.29) is 53.5 Å². The summed E-state index contributed by atoms with van der Waals surface area (Å²) in [7, 11) is 6.90. The number of nitrogens with zero attached hydrogens (tertiary/aromatic N) is 3. The minimum Gasteiger partial charge on any atom is -0.493 e. The summed E-state index contributed by atoms with van der Waals surface area (Å²) < 4.78 is 18.9. The van der Waals surface area contributed by atoms with Gasteiger partial charge >= 0.3 is 0 Å². The first-order valence-electron chi connectivity index (χ1n) is 24.5. The zero-order chi connectivity index (χ0) is 49.3. The predicted molar refractivity (Wildman–Crippen MR) is 280 cm³/mol. The zero-order valence-electron chi connectivity index (χ0n) is 41.0. The molecule has 0 saturated heterocycles. The number of methoxy groups -OCH3 is 1. The number of ether oxygens (including phenoxy) is 3. The Morgan fingerprint density at radius 1 is 0.771 bits per heavy atom. The van der Waals surface area contributed by atoms with Crippen LogP contribution in [0.1, 0.15) is 119 Å². The molecule has 5 aromatic rings. The third-order valence-corrected chi connectivity index (χ3v) is 17.7. The molecule has 4 aliphatic heterocycles. The van der Waals surface area contributed by atoms with Crippen LogP contribution in [0.15, 0.2) is 91.0 Å². The maximum absolute atomic E-state index is 14.2. The summed E-state index contributed by atoms with van der Waals surface area (Å²) in [5, 5.41) is 11.5. The highest BCUT2D eigenvalue weighted by Gasteiger charge is 2.42. The lowest BCUT2D eigenvalue weighted by atomic mass is 9.96. The highest BCUT2D eigenvalue weighted by Crippen LogP contribution is 2.43. The van der Waals surface area contributed by atoms with Gasteiger partial charge in [0.05, 0.1) is 19.3 Å². The highest BCUT2D eigenvalue weighted by atomic mass is 33.1. The Labute approximate surface area is 419 Å². The number of para-hydroxylation sites is 2. The molecule has 5 aromatic carbocycles. The molecular weight excluding hydrogens is 919 g/mol. The molecule has 0 aromatic heterocycles. The summed E-state index contributed by atoms with van der Waals surface area (Å²) in [6.07, 6.45) is 5.60. The fourth-order valence-electron chi connectivity index (χ4n) is 10.3. The molecule has 11 nitrogen and oxygen atoms in total. The molecule has 9 rings (SSSR count). The summed E-state index contributed by atoms with van der Waals surface area (Å²) in [6, 6.07) is 29.2. The van der Waals surface area contributed by atoms with Gasteiger partial charge in [0.2, 0.25) is 5.91 Å². The number of carbonyl (C=O) groups is 4. The fourth-order valence-corrected chi connectivity index (χ4v) is 13.0. The van der Waals surface area contributed by atoms with Gasteiger partial charge in [-0.05, 0) is 153 Å². The maximum Gasteiger partial charge on any atom is 0.258 e. The van der Waals surface area contributed by atoms with Crippen LogP contribution >= 0.6 is 21.6 Å². The molecule has 0 bridgehead atoms. The van der Waals surface area contributed by atoms with Crippen molar-refractivity contribution in [3.63, 3.8) is 0 Å². The van der Waals surface area contributed by atoms with E-state index < -0.39 is 6.10 Å². The number of aliphatic hydroxyl groups excluding tert-OH is 1. The first-order chi connectivity index (χ1) is 33.7. The lowest BCUT2D eigenvalue weighted by Gasteiger charge is -2.26. The van der Waals surface area contributed by atoms with Crippen LogP contribution in [0.25, 0.3) is 0 Å². The first kappa shape index (κ1) is 49.2. The van der Waals surface area contributed by atoms with Gasteiger partial charge in [-0.25, -0.2) is 0 Å². The Morgan fingerprint density at radius 3 is 2.13 bits per heavy atom. The highest BCUT2D eigenvalue weighted by molar-refractivity contribution is 8.77. The lowest BCUT2D eigenvalue weighted by Crippen LogP contribution is -2.43. The van der Waals surface area contributed by atoms with Crippen molar-refractivity contribution in [3.8, 4) is 17.2 Å². The first-order valence-corrected chi connectivity index (χ1v) is 26.9. The minimum atomic E-state index is -0.750. The maximum atomic E-state index is 14.2. The quantitative estimate of drug-likeness (QED) is 0.0670. The van der Waals surface area contributed by atoms with Crippen LogP contribution in [0.2, 0.25) is 0 Å². The number of hydrogen-bond donors (Lipinski definition) is 1. The number of aliphatic hydroxyl groups is 1. The van der Waals surface area contributed by atoms with E-state index in [9.17, 15) is 24.3 Å². The van der Waals surface area contributed by atoms with Crippen LogP contribution in [0.5, 0.6) is 17.2 Å². The molecule has 13 heteroatoms. The molecule has 3 amide bonds. The molecule has 0 aliphatic carbocycles. The average Bonchev–Trinajstić information content (AvgIpc) is 3.88. The van der Waals surface area contributed by atoms with Crippen molar-refractivity contribution in [2.75, 3.05) is 34.6 Å². The van der Waals surface area contributed by atoms with Crippen molar-refractivity contribution in [1.29, 1.82) is 0 Å². The Hall–Kier alpha value is -5.76. The van der Waals surface area contributed by atoms with Crippen LogP contribution in [0, 0.1) is 6.92 Å². The van der Waals surface area contributed by atoms with E-state index in [4.69, 9.17) is 14.2 Å². The molecule has 1 N–H and O–H groups in total. The number of ketones is 1. The standard InChI is InChI=1S/C57H63N3O8S2/c1-7-44(61)15-12-22-69-70-57(3,4)21-20-54(63)58(5)43-25-36(33-67-51-31-41-29-50(62)49-28-40-14-9-11-17-48(40)60(49)56(65)45(41)23-35(51)2)24-37(26-43)34-68-53-30-38-18-19-42-27-39-13-8-10-16-47(39)59(42)55(64)46(38)32-52(53)66-6/h8-11,13-14,16-17,23-26,30-32,42,49-50,62H,7,12,15,18-22,27-29,33-34H2,1-6H3/t42-,49+,50?/m1/s1. The van der Waals surface area contributed by atoms with Gasteiger partial charge in [0.1, 0.15) is 24.7 Å². The van der Waals surface area contributed by atoms with Gasteiger partial charge in [-0.3, -0.25) is 19.2 Å². The largest absolute Gasteiger partial charge is 0.493 e. The summed E-state index contributed by atoms with van der Waals surface area (Å²) >= 11 is 0. The molecule has 4 heterocycles. The fraction of sp³-hybridized carbons (Fsp3) is 0.404. The molecule has 0 radical (unpaired) electrons. The Morgan fingerprint density at radius 2 is 1.41 bits per heavy atom. The smallest absolute Gasteiger partial charge is 0.258 e.